The van der Waals surface area contributed by atoms with Gasteiger partial charge in [0.2, 0.25) is 0 Å². The van der Waals surface area contributed by atoms with E-state index < -0.39 is 11.7 Å². The Kier molecular flexibility index (Phi) is 9.21. The van der Waals surface area contributed by atoms with E-state index >= 15 is 0 Å². The molecule has 1 fully saturated rings. The lowest BCUT2D eigenvalue weighted by atomic mass is 10.0. The minimum absolute atomic E-state index is 0.309. The smallest absolute Gasteiger partial charge is 0.419 e. The Hall–Kier alpha value is -4.84. The Morgan fingerprint density at radius 1 is 0.957 bits per heavy atom. The number of nitrogens with zero attached hydrogens (tertiary/aromatic N) is 3. The fourth-order valence-electron chi connectivity index (χ4n) is 5.74. The highest BCUT2D eigenvalue weighted by Gasteiger charge is 2.23. The van der Waals surface area contributed by atoms with E-state index in [0.717, 1.165) is 18.7 Å². The van der Waals surface area contributed by atoms with Crippen LogP contribution in [0.2, 0.25) is 5.02 Å². The number of anilines is 1. The summed E-state index contributed by atoms with van der Waals surface area (Å²) >= 11 is 6.44. The van der Waals surface area contributed by atoms with Crippen molar-refractivity contribution >= 4 is 51.1 Å². The number of likely N-dealkylation sites (tertiary alicyclic amines) is 1. The van der Waals surface area contributed by atoms with Gasteiger partial charge in [-0.15, -0.1) is 0 Å². The van der Waals surface area contributed by atoms with Gasteiger partial charge in [0, 0.05) is 38.8 Å². The first-order valence-electron chi connectivity index (χ1n) is 15.7. The molecule has 0 atom stereocenters. The van der Waals surface area contributed by atoms with E-state index in [0.29, 0.717) is 61.6 Å². The third-order valence-electron chi connectivity index (χ3n) is 8.02. The first kappa shape index (κ1) is 32.1. The van der Waals surface area contributed by atoms with Gasteiger partial charge in [-0.05, 0) is 113 Å². The van der Waals surface area contributed by atoms with Crippen molar-refractivity contribution in [2.24, 2.45) is 0 Å². The molecule has 1 aliphatic heterocycles. The number of hydrogen-bond acceptors (Lipinski definition) is 6. The average Bonchev–Trinajstić information content (AvgIpc) is 3.43. The van der Waals surface area contributed by atoms with Crippen LogP contribution in [0.5, 0.6) is 5.75 Å². The normalized spacial score (nSPS) is 13.6. The number of hydrogen-bond donors (Lipinski definition) is 1. The van der Waals surface area contributed by atoms with Gasteiger partial charge in [-0.2, -0.15) is 0 Å². The molecule has 6 rings (SSSR count). The van der Waals surface area contributed by atoms with Crippen LogP contribution in [0.25, 0.3) is 33.1 Å². The van der Waals surface area contributed by atoms with Gasteiger partial charge in [-0.25, -0.2) is 9.78 Å². The van der Waals surface area contributed by atoms with Crippen LogP contribution in [-0.2, 0) is 4.74 Å². The average molecular weight is 649 g/mol. The zero-order valence-electron chi connectivity index (χ0n) is 27.0. The summed E-state index contributed by atoms with van der Waals surface area (Å²) in [7, 11) is 1.60. The molecule has 240 valence electrons. The van der Waals surface area contributed by atoms with Crippen molar-refractivity contribution in [1.29, 1.82) is 0 Å². The summed E-state index contributed by atoms with van der Waals surface area (Å²) in [6.45, 7) is 8.32. The van der Waals surface area contributed by atoms with Crippen LogP contribution >= 0.6 is 11.6 Å². The number of fused-ring (bicyclic) bond motifs is 2. The molecule has 1 aliphatic rings. The SMILES string of the molecule is COc1ccc(NC(=O)c2cc(-c3cn(C(=O)OC(C)(C)C)c4ccc(Cl)cc34)nc3ccc(C#CCN4CCCCC4)cc23)cc1. The quantitative estimate of drug-likeness (QED) is 0.193. The molecule has 1 N–H and O–H groups in total. The molecule has 3 heterocycles. The molecule has 0 spiro atoms. The first-order valence-corrected chi connectivity index (χ1v) is 16.1. The van der Waals surface area contributed by atoms with E-state index in [-0.39, 0.29) is 5.91 Å². The minimum atomic E-state index is -0.692. The molecule has 5 aromatic rings. The Labute approximate surface area is 279 Å². The molecule has 0 unspecified atom stereocenters. The zero-order chi connectivity index (χ0) is 33.1. The highest BCUT2D eigenvalue weighted by atomic mass is 35.5. The molecule has 0 aliphatic carbocycles. The third-order valence-corrected chi connectivity index (χ3v) is 8.25. The number of carbonyl (C=O) groups excluding carboxylic acids is 2. The maximum absolute atomic E-state index is 14.0. The molecule has 0 saturated carbocycles. The van der Waals surface area contributed by atoms with Crippen LogP contribution in [0, 0.1) is 11.8 Å². The zero-order valence-corrected chi connectivity index (χ0v) is 27.8. The van der Waals surface area contributed by atoms with Crippen LogP contribution in [0.1, 0.15) is 56.0 Å². The fraction of sp³-hybridized carbons (Fsp3) is 0.289. The van der Waals surface area contributed by atoms with Crippen LogP contribution in [-0.4, -0.2) is 58.8 Å². The Bertz CT molecular complexity index is 2030. The van der Waals surface area contributed by atoms with Crippen LogP contribution in [0.3, 0.4) is 0 Å². The topological polar surface area (TPSA) is 85.7 Å². The lowest BCUT2D eigenvalue weighted by Gasteiger charge is -2.23. The second-order valence-electron chi connectivity index (χ2n) is 12.7. The molecule has 47 heavy (non-hydrogen) atoms. The number of pyridine rings is 1. The van der Waals surface area contributed by atoms with Crippen molar-refractivity contribution < 1.29 is 19.1 Å². The van der Waals surface area contributed by atoms with E-state index in [4.69, 9.17) is 26.1 Å². The van der Waals surface area contributed by atoms with Crippen molar-refractivity contribution in [1.82, 2.24) is 14.5 Å². The van der Waals surface area contributed by atoms with Gasteiger partial charge in [0.25, 0.3) is 5.91 Å². The number of aromatic nitrogens is 2. The third kappa shape index (κ3) is 7.43. The number of rotatable bonds is 5. The number of halogens is 1. The second kappa shape index (κ2) is 13.5. The molecule has 0 bridgehead atoms. The standard InChI is InChI=1S/C38H37ClN4O4/c1-38(2,3)47-37(45)43-24-32(30-22-26(39)11-17-35(30)43)34-23-31(36(44)40-27-12-14-28(46-4)15-13-27)29-21-25(10-16-33(29)41-34)9-8-20-42-18-6-5-7-19-42/h10-17,21-24H,5-7,18-20H2,1-4H3,(H,40,44). The predicted octanol–water partition coefficient (Wildman–Crippen LogP) is 8.39. The summed E-state index contributed by atoms with van der Waals surface area (Å²) in [6.07, 6.45) is 4.86. The van der Waals surface area contributed by atoms with Crippen molar-refractivity contribution in [2.45, 2.75) is 45.6 Å². The number of benzene rings is 3. The monoisotopic (exact) mass is 648 g/mol. The molecular weight excluding hydrogens is 612 g/mol. The van der Waals surface area contributed by atoms with Gasteiger partial charge in [-0.3, -0.25) is 14.3 Å². The fourth-order valence-corrected chi connectivity index (χ4v) is 5.91. The number of methoxy groups -OCH3 is 1. The lowest BCUT2D eigenvalue weighted by molar-refractivity contribution is 0.0544. The second-order valence-corrected chi connectivity index (χ2v) is 13.1. The molecule has 3 aromatic carbocycles. The summed E-state index contributed by atoms with van der Waals surface area (Å²) in [5, 5.41) is 4.89. The van der Waals surface area contributed by atoms with Gasteiger partial charge in [-0.1, -0.05) is 29.9 Å². The maximum Gasteiger partial charge on any atom is 0.419 e. The van der Waals surface area contributed by atoms with Crippen LogP contribution in [0.4, 0.5) is 10.5 Å². The number of carbonyl (C=O) groups is 2. The number of piperidine rings is 1. The van der Waals surface area contributed by atoms with Crippen molar-refractivity contribution in [2.75, 3.05) is 32.1 Å². The molecule has 1 saturated heterocycles. The van der Waals surface area contributed by atoms with Crippen molar-refractivity contribution in [3.05, 3.63) is 89.1 Å². The van der Waals surface area contributed by atoms with Gasteiger partial charge < -0.3 is 14.8 Å². The minimum Gasteiger partial charge on any atom is -0.497 e. The summed E-state index contributed by atoms with van der Waals surface area (Å²) in [4.78, 5) is 34.6. The van der Waals surface area contributed by atoms with Gasteiger partial charge in [0.05, 0.1) is 35.9 Å². The van der Waals surface area contributed by atoms with Crippen LogP contribution in [0.15, 0.2) is 72.9 Å². The van der Waals surface area contributed by atoms with Crippen molar-refractivity contribution in [3.8, 4) is 28.8 Å². The van der Waals surface area contributed by atoms with E-state index in [1.165, 1.54) is 23.8 Å². The predicted molar refractivity (Wildman–Crippen MR) is 187 cm³/mol. The summed E-state index contributed by atoms with van der Waals surface area (Å²) < 4.78 is 12.4. The number of nitrogens with one attached hydrogen (secondary N) is 1. The van der Waals surface area contributed by atoms with Gasteiger partial charge in [0.1, 0.15) is 11.4 Å². The van der Waals surface area contributed by atoms with E-state index in [2.05, 4.69) is 22.1 Å². The summed E-state index contributed by atoms with van der Waals surface area (Å²) in [5.41, 5.74) is 3.52. The van der Waals surface area contributed by atoms with Gasteiger partial charge >= 0.3 is 6.09 Å². The molecule has 8 nitrogen and oxygen atoms in total. The highest BCUT2D eigenvalue weighted by molar-refractivity contribution is 6.31. The van der Waals surface area contributed by atoms with Crippen LogP contribution < -0.4 is 10.1 Å². The largest absolute Gasteiger partial charge is 0.497 e. The van der Waals surface area contributed by atoms with E-state index in [9.17, 15) is 9.59 Å². The Morgan fingerprint density at radius 3 is 2.45 bits per heavy atom. The summed E-state index contributed by atoms with van der Waals surface area (Å²) in [6, 6.07) is 19.9. The van der Waals surface area contributed by atoms with E-state index in [1.54, 1.807) is 61.8 Å². The Morgan fingerprint density at radius 2 is 1.72 bits per heavy atom. The van der Waals surface area contributed by atoms with E-state index in [1.807, 2.05) is 39.0 Å². The first-order chi connectivity index (χ1) is 22.6. The van der Waals surface area contributed by atoms with Gasteiger partial charge in [0.15, 0.2) is 0 Å². The Balaban J connectivity index is 1.45. The molecule has 2 aromatic heterocycles. The number of amides is 1. The molecule has 1 amide bonds. The molecular formula is C38H37ClN4O4. The lowest BCUT2D eigenvalue weighted by Crippen LogP contribution is -2.29. The van der Waals surface area contributed by atoms with Crippen molar-refractivity contribution in [3.63, 3.8) is 0 Å². The molecule has 9 heteroatoms. The number of ether oxygens (including phenoxy) is 2. The molecule has 0 radical (unpaired) electrons. The highest BCUT2D eigenvalue weighted by Crippen LogP contribution is 2.35. The summed E-state index contributed by atoms with van der Waals surface area (Å²) in [5.74, 6) is 6.98. The maximum atomic E-state index is 14.0.